The molecule has 3 aromatic rings. The highest BCUT2D eigenvalue weighted by molar-refractivity contribution is 6.17. The smallest absolute Gasteiger partial charge is 0.256 e. The van der Waals surface area contributed by atoms with Gasteiger partial charge in [0.05, 0.1) is 5.41 Å². The number of amides is 3. The summed E-state index contributed by atoms with van der Waals surface area (Å²) in [7, 11) is 0. The minimum absolute atomic E-state index is 0.0330. The van der Waals surface area contributed by atoms with Crippen LogP contribution in [0.3, 0.4) is 0 Å². The second-order valence-electron chi connectivity index (χ2n) is 11.2. The topological polar surface area (TPSA) is 104 Å². The quantitative estimate of drug-likeness (QED) is 0.545. The van der Waals surface area contributed by atoms with Crippen LogP contribution < -0.4 is 10.6 Å². The van der Waals surface area contributed by atoms with E-state index < -0.39 is 11.0 Å². The van der Waals surface area contributed by atoms with E-state index in [1.165, 1.54) is 0 Å². The summed E-state index contributed by atoms with van der Waals surface area (Å²) in [6.07, 6.45) is 6.20. The summed E-state index contributed by atoms with van der Waals surface area (Å²) in [6.45, 7) is 1.90. The number of hydrogen-bond donors (Lipinski definition) is 2. The molecule has 0 bridgehead atoms. The van der Waals surface area contributed by atoms with Gasteiger partial charge in [-0.3, -0.25) is 24.3 Å². The number of aryl methyl sites for hydroxylation is 1. The number of aromatic nitrogens is 1. The summed E-state index contributed by atoms with van der Waals surface area (Å²) in [4.78, 5) is 50.8. The van der Waals surface area contributed by atoms with E-state index >= 15 is 0 Å². The Bertz CT molecular complexity index is 1590. The normalized spacial score (nSPS) is 22.3. The lowest BCUT2D eigenvalue weighted by Gasteiger charge is -2.22. The van der Waals surface area contributed by atoms with E-state index in [1.54, 1.807) is 11.1 Å². The highest BCUT2D eigenvalue weighted by Crippen LogP contribution is 2.47. The number of benzene rings is 2. The van der Waals surface area contributed by atoms with Gasteiger partial charge in [0.25, 0.3) is 5.91 Å². The highest BCUT2D eigenvalue weighted by Gasteiger charge is 2.52. The number of nitrogens with one attached hydrogen (secondary N) is 2. The number of pyridine rings is 1. The number of carbonyl (C=O) groups is 3. The maximum absolute atomic E-state index is 13.6. The van der Waals surface area contributed by atoms with Gasteiger partial charge in [0.2, 0.25) is 11.8 Å². The number of nitrogens with zero attached hydrogens (tertiary/aromatic N) is 3. The molecule has 196 valence electrons. The predicted octanol–water partition coefficient (Wildman–Crippen LogP) is 3.92. The van der Waals surface area contributed by atoms with Gasteiger partial charge >= 0.3 is 0 Å². The van der Waals surface area contributed by atoms with Crippen molar-refractivity contribution < 1.29 is 14.4 Å². The van der Waals surface area contributed by atoms with E-state index in [4.69, 9.17) is 4.99 Å². The molecule has 0 saturated heterocycles. The third kappa shape index (κ3) is 3.61. The van der Waals surface area contributed by atoms with Gasteiger partial charge in [0.1, 0.15) is 23.7 Å². The van der Waals surface area contributed by atoms with E-state index in [2.05, 4.69) is 15.6 Å². The van der Waals surface area contributed by atoms with E-state index in [1.807, 2.05) is 61.5 Å². The first kappa shape index (κ1) is 23.8. The molecule has 39 heavy (non-hydrogen) atoms. The average Bonchev–Trinajstić information content (AvgIpc) is 3.68. The van der Waals surface area contributed by atoms with E-state index in [0.29, 0.717) is 30.2 Å². The Morgan fingerprint density at radius 1 is 1.03 bits per heavy atom. The average molecular weight is 520 g/mol. The molecule has 1 atom stereocenters. The van der Waals surface area contributed by atoms with Crippen molar-refractivity contribution in [3.63, 3.8) is 0 Å². The third-order valence-corrected chi connectivity index (χ3v) is 8.80. The van der Waals surface area contributed by atoms with Crippen LogP contribution in [-0.4, -0.2) is 45.5 Å². The molecule has 1 saturated carbocycles. The van der Waals surface area contributed by atoms with Crippen molar-refractivity contribution in [2.24, 2.45) is 4.99 Å². The zero-order chi connectivity index (χ0) is 26.8. The van der Waals surface area contributed by atoms with Gasteiger partial charge < -0.3 is 10.6 Å². The molecule has 8 nitrogen and oxygen atoms in total. The van der Waals surface area contributed by atoms with Crippen molar-refractivity contribution in [2.75, 3.05) is 17.2 Å². The Hall–Kier alpha value is -4.33. The van der Waals surface area contributed by atoms with Crippen LogP contribution in [0.5, 0.6) is 0 Å². The number of aliphatic imine (C=N–C) groups is 1. The molecule has 3 amide bonds. The molecule has 7 rings (SSSR count). The summed E-state index contributed by atoms with van der Waals surface area (Å²) < 4.78 is 0. The zero-order valence-corrected chi connectivity index (χ0v) is 21.8. The number of fused-ring (bicyclic) bond motifs is 3. The Balaban J connectivity index is 1.12. The van der Waals surface area contributed by atoms with Gasteiger partial charge in [-0.25, -0.2) is 4.98 Å². The molecule has 1 fully saturated rings. The maximum atomic E-state index is 13.6. The molecule has 3 heterocycles. The van der Waals surface area contributed by atoms with Crippen molar-refractivity contribution in [2.45, 2.75) is 56.4 Å². The van der Waals surface area contributed by atoms with Gasteiger partial charge in [0.15, 0.2) is 0 Å². The van der Waals surface area contributed by atoms with Crippen molar-refractivity contribution in [1.29, 1.82) is 0 Å². The first-order chi connectivity index (χ1) is 18.9. The summed E-state index contributed by atoms with van der Waals surface area (Å²) in [5, 5.41) is 5.92. The van der Waals surface area contributed by atoms with Crippen LogP contribution in [0.4, 0.5) is 11.5 Å². The highest BCUT2D eigenvalue weighted by atomic mass is 16.2. The fraction of sp³-hybridized carbons (Fsp3) is 0.323. The van der Waals surface area contributed by atoms with E-state index in [9.17, 15) is 14.4 Å². The lowest BCUT2D eigenvalue weighted by atomic mass is 9.79. The largest absolute Gasteiger partial charge is 0.325 e. The van der Waals surface area contributed by atoms with Gasteiger partial charge in [-0.15, -0.1) is 0 Å². The summed E-state index contributed by atoms with van der Waals surface area (Å²) in [5.74, 6) is 0.828. The van der Waals surface area contributed by atoms with Crippen molar-refractivity contribution >= 4 is 35.1 Å². The standard InChI is InChI=1S/C31H29N5O3/c1-19-7-2-3-8-23(19)27-35-31(12-4-5-13-31)29(39)36(27)18-25(37)33-22-11-10-20-16-30(17-21(20)15-22)24-9-6-14-32-26(24)34-28(30)38/h2-3,6-11,14-15H,4-5,12-13,16-18H2,1H3,(H,33,37)(H,32,34,38). The van der Waals surface area contributed by atoms with Crippen molar-refractivity contribution in [1.82, 2.24) is 9.88 Å². The van der Waals surface area contributed by atoms with Crippen LogP contribution in [0.2, 0.25) is 0 Å². The molecule has 2 aliphatic heterocycles. The lowest BCUT2D eigenvalue weighted by Crippen LogP contribution is -2.45. The van der Waals surface area contributed by atoms with Gasteiger partial charge in [-0.1, -0.05) is 49.2 Å². The monoisotopic (exact) mass is 519 g/mol. The van der Waals surface area contributed by atoms with Crippen LogP contribution in [-0.2, 0) is 32.6 Å². The minimum atomic E-state index is -0.743. The van der Waals surface area contributed by atoms with Crippen LogP contribution in [0, 0.1) is 6.92 Å². The molecule has 2 N–H and O–H groups in total. The Morgan fingerprint density at radius 3 is 2.64 bits per heavy atom. The summed E-state index contributed by atoms with van der Waals surface area (Å²) in [5.41, 5.74) is 4.19. The molecular weight excluding hydrogens is 490 g/mol. The minimum Gasteiger partial charge on any atom is -0.325 e. The summed E-state index contributed by atoms with van der Waals surface area (Å²) >= 11 is 0. The first-order valence-electron chi connectivity index (χ1n) is 13.6. The molecule has 4 aliphatic rings. The van der Waals surface area contributed by atoms with Crippen molar-refractivity contribution in [3.05, 3.63) is 88.6 Å². The number of rotatable bonds is 4. The fourth-order valence-corrected chi connectivity index (χ4v) is 6.81. The zero-order valence-electron chi connectivity index (χ0n) is 21.8. The molecule has 2 spiro atoms. The second-order valence-corrected chi connectivity index (χ2v) is 11.2. The van der Waals surface area contributed by atoms with Gasteiger partial charge in [0, 0.05) is 23.0 Å². The first-order valence-corrected chi connectivity index (χ1v) is 13.6. The van der Waals surface area contributed by atoms with E-state index in [-0.39, 0.29) is 24.3 Å². The fourth-order valence-electron chi connectivity index (χ4n) is 6.81. The number of hydrogen-bond acceptors (Lipinski definition) is 5. The molecule has 1 unspecified atom stereocenters. The maximum Gasteiger partial charge on any atom is 0.256 e. The number of amidine groups is 1. The van der Waals surface area contributed by atoms with Crippen LogP contribution in [0.1, 0.15) is 53.5 Å². The summed E-state index contributed by atoms with van der Waals surface area (Å²) in [6, 6.07) is 17.5. The SMILES string of the molecule is Cc1ccccc1C1=NC2(CCCC2)C(=O)N1CC(=O)Nc1ccc2c(c1)CC1(C2)C(=O)Nc2ncccc21. The Morgan fingerprint density at radius 2 is 1.82 bits per heavy atom. The molecule has 2 aliphatic carbocycles. The third-order valence-electron chi connectivity index (χ3n) is 8.80. The lowest BCUT2D eigenvalue weighted by molar-refractivity contribution is -0.133. The number of anilines is 2. The predicted molar refractivity (Wildman–Crippen MR) is 148 cm³/mol. The molecule has 8 heteroatoms. The molecular formula is C31H29N5O3. The van der Waals surface area contributed by atoms with Gasteiger partial charge in [-0.05, 0) is 67.5 Å². The van der Waals surface area contributed by atoms with Crippen molar-refractivity contribution in [3.8, 4) is 0 Å². The van der Waals surface area contributed by atoms with Crippen LogP contribution in [0.15, 0.2) is 65.8 Å². The molecule has 1 aromatic heterocycles. The molecule has 0 radical (unpaired) electrons. The van der Waals surface area contributed by atoms with Crippen LogP contribution >= 0.6 is 0 Å². The van der Waals surface area contributed by atoms with Gasteiger partial charge in [-0.2, -0.15) is 0 Å². The Labute approximate surface area is 226 Å². The van der Waals surface area contributed by atoms with E-state index in [0.717, 1.165) is 53.5 Å². The Kier molecular flexibility index (Phi) is 5.24. The molecule has 2 aromatic carbocycles. The number of carbonyl (C=O) groups excluding carboxylic acids is 3. The second kappa shape index (κ2) is 8.59. The van der Waals surface area contributed by atoms with Crippen LogP contribution in [0.25, 0.3) is 0 Å².